The van der Waals surface area contributed by atoms with Gasteiger partial charge in [0.05, 0.1) is 25.2 Å². The number of nitrogens with zero attached hydrogens (tertiary/aromatic N) is 1. The van der Waals surface area contributed by atoms with Gasteiger partial charge in [-0.1, -0.05) is 18.2 Å². The van der Waals surface area contributed by atoms with Crippen molar-refractivity contribution >= 4 is 5.91 Å². The van der Waals surface area contributed by atoms with Gasteiger partial charge in [0.1, 0.15) is 0 Å². The first-order valence-corrected chi connectivity index (χ1v) is 6.20. The summed E-state index contributed by atoms with van der Waals surface area (Å²) >= 11 is 0. The van der Waals surface area contributed by atoms with Crippen molar-refractivity contribution < 1.29 is 26.7 Å². The van der Waals surface area contributed by atoms with Gasteiger partial charge in [-0.15, -0.1) is 0 Å². The van der Waals surface area contributed by atoms with E-state index in [0.717, 1.165) is 11.0 Å². The molecule has 0 saturated carbocycles. The Bertz CT molecular complexity index is 522. The summed E-state index contributed by atoms with van der Waals surface area (Å²) in [5.74, 6) is -3.40. The van der Waals surface area contributed by atoms with Crippen LogP contribution in [0.3, 0.4) is 0 Å². The van der Waals surface area contributed by atoms with Crippen molar-refractivity contribution in [1.82, 2.24) is 10.2 Å². The van der Waals surface area contributed by atoms with Crippen molar-refractivity contribution in [2.75, 3.05) is 19.6 Å². The fraction of sp³-hybridized carbons (Fsp3) is 0.462. The van der Waals surface area contributed by atoms with Crippen LogP contribution in [0.2, 0.25) is 0 Å². The minimum absolute atomic E-state index is 0.00624. The largest absolute Gasteiger partial charge is 0.416 e. The molecule has 116 valence electrons. The van der Waals surface area contributed by atoms with E-state index < -0.39 is 36.7 Å². The molecule has 1 heterocycles. The highest BCUT2D eigenvalue weighted by Crippen LogP contribution is 2.31. The quantitative estimate of drug-likeness (QED) is 0.866. The second kappa shape index (κ2) is 5.59. The first kappa shape index (κ1) is 15.7. The third-order valence-electron chi connectivity index (χ3n) is 3.11. The van der Waals surface area contributed by atoms with Crippen LogP contribution in [0.5, 0.6) is 0 Å². The van der Waals surface area contributed by atoms with Crippen LogP contribution in [0, 0.1) is 0 Å². The van der Waals surface area contributed by atoms with Gasteiger partial charge in [-0.05, 0) is 11.6 Å². The van der Waals surface area contributed by atoms with E-state index in [2.05, 4.69) is 5.32 Å². The van der Waals surface area contributed by atoms with E-state index in [1.807, 2.05) is 0 Å². The number of rotatable bonds is 4. The molecular formula is C13H13F5N2O. The van der Waals surface area contributed by atoms with Crippen molar-refractivity contribution in [2.24, 2.45) is 0 Å². The van der Waals surface area contributed by atoms with Crippen molar-refractivity contribution in [3.05, 3.63) is 35.4 Å². The summed E-state index contributed by atoms with van der Waals surface area (Å²) in [5.41, 5.74) is -0.771. The summed E-state index contributed by atoms with van der Waals surface area (Å²) in [5, 5.41) is 2.55. The molecule has 1 aliphatic rings. The number of hydrogen-bond acceptors (Lipinski definition) is 2. The fourth-order valence-corrected chi connectivity index (χ4v) is 2.06. The maximum Gasteiger partial charge on any atom is 0.416 e. The molecule has 1 aliphatic heterocycles. The van der Waals surface area contributed by atoms with E-state index in [9.17, 15) is 26.7 Å². The van der Waals surface area contributed by atoms with Gasteiger partial charge in [-0.3, -0.25) is 4.79 Å². The lowest BCUT2D eigenvalue weighted by molar-refractivity contribution is -0.164. The SMILES string of the molecule is O=C(CNCc1ccccc1C(F)(F)F)N1CC(F)(F)C1. The zero-order valence-electron chi connectivity index (χ0n) is 10.9. The number of benzene rings is 1. The molecule has 0 unspecified atom stereocenters. The second-order valence-corrected chi connectivity index (χ2v) is 4.86. The van der Waals surface area contributed by atoms with E-state index in [1.165, 1.54) is 18.2 Å². The van der Waals surface area contributed by atoms with Gasteiger partial charge < -0.3 is 10.2 Å². The van der Waals surface area contributed by atoms with Crippen LogP contribution in [0.1, 0.15) is 11.1 Å². The smallest absolute Gasteiger partial charge is 0.329 e. The third-order valence-corrected chi connectivity index (χ3v) is 3.11. The second-order valence-electron chi connectivity index (χ2n) is 4.86. The molecule has 1 amide bonds. The van der Waals surface area contributed by atoms with Crippen LogP contribution in [0.15, 0.2) is 24.3 Å². The predicted molar refractivity (Wildman–Crippen MR) is 64.7 cm³/mol. The number of carbonyl (C=O) groups is 1. The van der Waals surface area contributed by atoms with E-state index in [4.69, 9.17) is 0 Å². The summed E-state index contributed by atoms with van der Waals surface area (Å²) in [6.07, 6.45) is -4.47. The van der Waals surface area contributed by atoms with Gasteiger partial charge in [0.2, 0.25) is 5.91 Å². The van der Waals surface area contributed by atoms with Gasteiger partial charge in [0.25, 0.3) is 5.92 Å². The Morgan fingerprint density at radius 1 is 1.24 bits per heavy atom. The average molecular weight is 308 g/mol. The lowest BCUT2D eigenvalue weighted by Gasteiger charge is -2.38. The molecule has 3 nitrogen and oxygen atoms in total. The van der Waals surface area contributed by atoms with Gasteiger partial charge in [0, 0.05) is 6.54 Å². The number of amides is 1. The highest BCUT2D eigenvalue weighted by Gasteiger charge is 2.45. The van der Waals surface area contributed by atoms with E-state index >= 15 is 0 Å². The summed E-state index contributed by atoms with van der Waals surface area (Å²) in [7, 11) is 0. The molecule has 1 aromatic carbocycles. The van der Waals surface area contributed by atoms with Crippen LogP contribution in [0.4, 0.5) is 22.0 Å². The first-order chi connectivity index (χ1) is 9.69. The Hall–Kier alpha value is -1.70. The molecule has 0 aliphatic carbocycles. The molecule has 0 bridgehead atoms. The zero-order chi connectivity index (χ0) is 15.7. The highest BCUT2D eigenvalue weighted by atomic mass is 19.4. The molecule has 1 aromatic rings. The molecule has 21 heavy (non-hydrogen) atoms. The van der Waals surface area contributed by atoms with Crippen molar-refractivity contribution in [3.8, 4) is 0 Å². The van der Waals surface area contributed by atoms with Crippen LogP contribution >= 0.6 is 0 Å². The number of halogens is 5. The summed E-state index contributed by atoms with van der Waals surface area (Å²) in [6, 6.07) is 5.00. The molecular weight excluding hydrogens is 295 g/mol. The van der Waals surface area contributed by atoms with Gasteiger partial charge in [-0.25, -0.2) is 8.78 Å². The molecule has 1 saturated heterocycles. The lowest BCUT2D eigenvalue weighted by atomic mass is 10.1. The number of carbonyl (C=O) groups excluding carboxylic acids is 1. The molecule has 2 rings (SSSR count). The molecule has 0 aromatic heterocycles. The maximum atomic E-state index is 12.7. The maximum absolute atomic E-state index is 12.7. The van der Waals surface area contributed by atoms with E-state index in [0.29, 0.717) is 0 Å². The molecule has 0 radical (unpaired) electrons. The first-order valence-electron chi connectivity index (χ1n) is 6.20. The summed E-state index contributed by atoms with van der Waals surface area (Å²) in [6.45, 7) is -1.70. The Morgan fingerprint density at radius 3 is 2.43 bits per heavy atom. The van der Waals surface area contributed by atoms with Crippen LogP contribution in [0.25, 0.3) is 0 Å². The van der Waals surface area contributed by atoms with Crippen molar-refractivity contribution in [3.63, 3.8) is 0 Å². The molecule has 1 fully saturated rings. The normalized spacial score (nSPS) is 17.5. The molecule has 0 atom stereocenters. The van der Waals surface area contributed by atoms with Gasteiger partial charge in [-0.2, -0.15) is 13.2 Å². The molecule has 8 heteroatoms. The minimum Gasteiger partial charge on any atom is -0.329 e. The Labute approximate surface area is 117 Å². The van der Waals surface area contributed by atoms with Crippen LogP contribution in [-0.2, 0) is 17.5 Å². The predicted octanol–water partition coefficient (Wildman–Crippen LogP) is 2.27. The summed E-state index contributed by atoms with van der Waals surface area (Å²) in [4.78, 5) is 12.5. The third kappa shape index (κ3) is 3.90. The van der Waals surface area contributed by atoms with Gasteiger partial charge >= 0.3 is 6.18 Å². The average Bonchev–Trinajstić information content (AvgIpc) is 2.35. The number of nitrogens with one attached hydrogen (secondary N) is 1. The molecule has 1 N–H and O–H groups in total. The van der Waals surface area contributed by atoms with E-state index in [1.54, 1.807) is 0 Å². The van der Waals surface area contributed by atoms with E-state index in [-0.39, 0.29) is 18.7 Å². The minimum atomic E-state index is -4.47. The number of likely N-dealkylation sites (tertiary alicyclic amines) is 1. The monoisotopic (exact) mass is 308 g/mol. The van der Waals surface area contributed by atoms with Crippen LogP contribution < -0.4 is 5.32 Å². The fourth-order valence-electron chi connectivity index (χ4n) is 2.06. The number of alkyl halides is 5. The van der Waals surface area contributed by atoms with Crippen molar-refractivity contribution in [1.29, 1.82) is 0 Å². The summed E-state index contributed by atoms with van der Waals surface area (Å²) < 4.78 is 63.3. The topological polar surface area (TPSA) is 32.3 Å². The van der Waals surface area contributed by atoms with Gasteiger partial charge in [0.15, 0.2) is 0 Å². The Kier molecular flexibility index (Phi) is 4.18. The van der Waals surface area contributed by atoms with Crippen LogP contribution in [-0.4, -0.2) is 36.4 Å². The number of hydrogen-bond donors (Lipinski definition) is 1. The molecule has 0 spiro atoms. The lowest BCUT2D eigenvalue weighted by Crippen LogP contribution is -2.59. The zero-order valence-corrected chi connectivity index (χ0v) is 10.9. The van der Waals surface area contributed by atoms with Crippen molar-refractivity contribution in [2.45, 2.75) is 18.6 Å². The standard InChI is InChI=1S/C13H13F5N2O/c14-12(15)7-20(8-12)11(21)6-19-5-9-3-1-2-4-10(9)13(16,17)18/h1-4,19H,5-8H2. The highest BCUT2D eigenvalue weighted by molar-refractivity contribution is 5.79. The Morgan fingerprint density at radius 2 is 1.86 bits per heavy atom. The Balaban J connectivity index is 1.86.